The molecule has 6 nitrogen and oxygen atoms in total. The molecule has 1 N–H and O–H groups in total. The van der Waals surface area contributed by atoms with E-state index in [1.165, 1.54) is 0 Å². The third-order valence-corrected chi connectivity index (χ3v) is 5.38. The second-order valence-electron chi connectivity index (χ2n) is 7.68. The zero-order valence-electron chi connectivity index (χ0n) is 17.7. The van der Waals surface area contributed by atoms with Crippen LogP contribution in [0.2, 0.25) is 0 Å². The number of carbonyl (C=O) groups is 1. The Balaban J connectivity index is 1.26. The third kappa shape index (κ3) is 4.27. The number of rotatable bonds is 7. The van der Waals surface area contributed by atoms with E-state index < -0.39 is 0 Å². The first-order valence-electron chi connectivity index (χ1n) is 10.3. The largest absolute Gasteiger partial charge is 0.356 e. The van der Waals surface area contributed by atoms with Crippen LogP contribution in [-0.4, -0.2) is 31.8 Å². The summed E-state index contributed by atoms with van der Waals surface area (Å²) in [7, 11) is 2.02. The summed E-state index contributed by atoms with van der Waals surface area (Å²) in [5.74, 6) is 1.05. The molecule has 0 atom stereocenters. The Hall–Kier alpha value is -3.41. The highest BCUT2D eigenvalue weighted by Crippen LogP contribution is 2.15. The van der Waals surface area contributed by atoms with Crippen LogP contribution in [0.4, 0.5) is 0 Å². The van der Waals surface area contributed by atoms with Crippen molar-refractivity contribution in [3.8, 4) is 5.69 Å². The molecule has 0 unspecified atom stereocenters. The maximum absolute atomic E-state index is 12.2. The first kappa shape index (κ1) is 19.9. The molecular weight excluding hydrogens is 374 g/mol. The zero-order chi connectivity index (χ0) is 21.1. The fourth-order valence-corrected chi connectivity index (χ4v) is 3.77. The van der Waals surface area contributed by atoms with Gasteiger partial charge in [-0.3, -0.25) is 4.79 Å². The van der Waals surface area contributed by atoms with Gasteiger partial charge in [0.15, 0.2) is 0 Å². The van der Waals surface area contributed by atoms with Crippen LogP contribution in [0.3, 0.4) is 0 Å². The van der Waals surface area contributed by atoms with Crippen LogP contribution in [0.25, 0.3) is 16.7 Å². The highest BCUT2D eigenvalue weighted by Gasteiger charge is 2.08. The Morgan fingerprint density at radius 2 is 1.80 bits per heavy atom. The summed E-state index contributed by atoms with van der Waals surface area (Å²) in [5, 5.41) is 7.52. The number of aromatic nitrogens is 4. The molecule has 30 heavy (non-hydrogen) atoms. The minimum atomic E-state index is 0.0661. The minimum absolute atomic E-state index is 0.0661. The lowest BCUT2D eigenvalue weighted by Gasteiger charge is -2.07. The summed E-state index contributed by atoms with van der Waals surface area (Å²) in [4.78, 5) is 16.9. The number of imidazole rings is 1. The Labute approximate surface area is 176 Å². The molecule has 1 amide bonds. The predicted octanol–water partition coefficient (Wildman–Crippen LogP) is 3.67. The van der Waals surface area contributed by atoms with E-state index in [1.54, 1.807) is 0 Å². The average molecular weight is 402 g/mol. The number of carbonyl (C=O) groups excluding carboxylic acids is 1. The van der Waals surface area contributed by atoms with E-state index in [4.69, 9.17) is 0 Å². The lowest BCUT2D eigenvalue weighted by molar-refractivity contribution is -0.121. The number of benzene rings is 2. The zero-order valence-corrected chi connectivity index (χ0v) is 17.7. The van der Waals surface area contributed by atoms with Crippen molar-refractivity contribution in [2.45, 2.75) is 33.1 Å². The van der Waals surface area contributed by atoms with E-state index in [0.29, 0.717) is 19.4 Å². The number of amides is 1. The number of aryl methyl sites for hydroxylation is 4. The average Bonchev–Trinajstić information content (AvgIpc) is 3.25. The molecule has 2 heterocycles. The molecule has 0 saturated heterocycles. The fraction of sp³-hybridized carbons (Fsp3) is 0.292. The van der Waals surface area contributed by atoms with E-state index in [1.807, 2.05) is 43.8 Å². The molecule has 2 aromatic heterocycles. The molecule has 4 aromatic rings. The van der Waals surface area contributed by atoms with Gasteiger partial charge in [0.2, 0.25) is 5.91 Å². The van der Waals surface area contributed by atoms with Gasteiger partial charge in [0.05, 0.1) is 22.4 Å². The van der Waals surface area contributed by atoms with Crippen molar-refractivity contribution >= 4 is 16.9 Å². The number of nitrogens with zero attached hydrogens (tertiary/aromatic N) is 4. The van der Waals surface area contributed by atoms with Gasteiger partial charge in [-0.1, -0.05) is 24.3 Å². The molecule has 0 aliphatic rings. The summed E-state index contributed by atoms with van der Waals surface area (Å²) in [6, 6.07) is 18.4. The van der Waals surface area contributed by atoms with Crippen LogP contribution in [0.1, 0.15) is 29.2 Å². The molecule has 4 rings (SSSR count). The van der Waals surface area contributed by atoms with E-state index in [9.17, 15) is 4.79 Å². The standard InChI is InChI=1S/C24H27N5O/c1-17-16-18(2)29(27-17)20-11-8-19(9-12-20)10-13-24(30)25-15-14-23-26-21-6-4-5-7-22(21)28(23)3/h4-9,11-12,16H,10,13-15H2,1-3H3,(H,25,30). The molecule has 0 fully saturated rings. The second-order valence-corrected chi connectivity index (χ2v) is 7.68. The molecule has 0 bridgehead atoms. The van der Waals surface area contributed by atoms with Gasteiger partial charge >= 0.3 is 0 Å². The normalized spacial score (nSPS) is 11.2. The Morgan fingerprint density at radius 1 is 1.03 bits per heavy atom. The van der Waals surface area contributed by atoms with E-state index in [-0.39, 0.29) is 5.91 Å². The van der Waals surface area contributed by atoms with Gasteiger partial charge in [-0.25, -0.2) is 9.67 Å². The highest BCUT2D eigenvalue weighted by atomic mass is 16.1. The van der Waals surface area contributed by atoms with Crippen LogP contribution in [-0.2, 0) is 24.7 Å². The van der Waals surface area contributed by atoms with E-state index >= 15 is 0 Å². The number of para-hydroxylation sites is 2. The number of fused-ring (bicyclic) bond motifs is 1. The molecule has 0 radical (unpaired) electrons. The van der Waals surface area contributed by atoms with Crippen molar-refractivity contribution in [1.82, 2.24) is 24.6 Å². The van der Waals surface area contributed by atoms with Crippen molar-refractivity contribution in [3.05, 3.63) is 77.4 Å². The maximum Gasteiger partial charge on any atom is 0.220 e. The van der Waals surface area contributed by atoms with Gasteiger partial charge in [0.25, 0.3) is 0 Å². The molecule has 0 saturated carbocycles. The van der Waals surface area contributed by atoms with Gasteiger partial charge in [0.1, 0.15) is 5.82 Å². The maximum atomic E-state index is 12.2. The number of nitrogens with one attached hydrogen (secondary N) is 1. The van der Waals surface area contributed by atoms with Crippen molar-refractivity contribution in [2.75, 3.05) is 6.54 Å². The fourth-order valence-electron chi connectivity index (χ4n) is 3.77. The van der Waals surface area contributed by atoms with Crippen LogP contribution < -0.4 is 5.32 Å². The van der Waals surface area contributed by atoms with Gasteiger partial charge < -0.3 is 9.88 Å². The first-order valence-corrected chi connectivity index (χ1v) is 10.3. The van der Waals surface area contributed by atoms with Crippen molar-refractivity contribution in [1.29, 1.82) is 0 Å². The van der Waals surface area contributed by atoms with Crippen molar-refractivity contribution in [3.63, 3.8) is 0 Å². The van der Waals surface area contributed by atoms with E-state index in [0.717, 1.165) is 45.9 Å². The number of hydrogen-bond acceptors (Lipinski definition) is 3. The third-order valence-electron chi connectivity index (χ3n) is 5.38. The highest BCUT2D eigenvalue weighted by molar-refractivity contribution is 5.76. The quantitative estimate of drug-likeness (QED) is 0.514. The molecule has 0 aliphatic heterocycles. The lowest BCUT2D eigenvalue weighted by atomic mass is 10.1. The van der Waals surface area contributed by atoms with Gasteiger partial charge in [0, 0.05) is 32.1 Å². The molecule has 0 spiro atoms. The SMILES string of the molecule is Cc1cc(C)n(-c2ccc(CCC(=O)NCCc3nc4ccccc4n3C)cc2)n1. The second kappa shape index (κ2) is 8.53. The van der Waals surface area contributed by atoms with Crippen molar-refractivity contribution in [2.24, 2.45) is 7.05 Å². The van der Waals surface area contributed by atoms with Crippen LogP contribution in [0.15, 0.2) is 54.6 Å². The summed E-state index contributed by atoms with van der Waals surface area (Å²) >= 11 is 0. The van der Waals surface area contributed by atoms with Crippen LogP contribution in [0.5, 0.6) is 0 Å². The lowest BCUT2D eigenvalue weighted by Crippen LogP contribution is -2.26. The topological polar surface area (TPSA) is 64.7 Å². The summed E-state index contributed by atoms with van der Waals surface area (Å²) in [6.45, 7) is 4.63. The Kier molecular flexibility index (Phi) is 5.65. The molecule has 2 aromatic carbocycles. The number of hydrogen-bond donors (Lipinski definition) is 1. The van der Waals surface area contributed by atoms with E-state index in [2.05, 4.69) is 56.4 Å². The van der Waals surface area contributed by atoms with Crippen LogP contribution in [0, 0.1) is 13.8 Å². The molecular formula is C24H27N5O. The summed E-state index contributed by atoms with van der Waals surface area (Å²) in [6.07, 6.45) is 1.91. The molecule has 154 valence electrons. The molecule has 6 heteroatoms. The smallest absolute Gasteiger partial charge is 0.220 e. The Morgan fingerprint density at radius 3 is 2.50 bits per heavy atom. The minimum Gasteiger partial charge on any atom is -0.356 e. The van der Waals surface area contributed by atoms with Gasteiger partial charge in [-0.05, 0) is 56.2 Å². The first-order chi connectivity index (χ1) is 14.5. The van der Waals surface area contributed by atoms with Gasteiger partial charge in [-0.15, -0.1) is 0 Å². The van der Waals surface area contributed by atoms with Gasteiger partial charge in [-0.2, -0.15) is 5.10 Å². The molecule has 0 aliphatic carbocycles. The monoisotopic (exact) mass is 401 g/mol. The van der Waals surface area contributed by atoms with Crippen molar-refractivity contribution < 1.29 is 4.79 Å². The summed E-state index contributed by atoms with van der Waals surface area (Å²) < 4.78 is 4.03. The summed E-state index contributed by atoms with van der Waals surface area (Å²) in [5.41, 5.74) is 6.40. The predicted molar refractivity (Wildman–Crippen MR) is 119 cm³/mol. The Bertz CT molecular complexity index is 1170. The van der Waals surface area contributed by atoms with Crippen LogP contribution >= 0.6 is 0 Å².